The Morgan fingerprint density at radius 2 is 2.10 bits per heavy atom. The third kappa shape index (κ3) is 3.65. The summed E-state index contributed by atoms with van der Waals surface area (Å²) >= 11 is 0. The highest BCUT2D eigenvalue weighted by Gasteiger charge is 2.32. The van der Waals surface area contributed by atoms with E-state index in [0.29, 0.717) is 37.4 Å². The van der Waals surface area contributed by atoms with Gasteiger partial charge in [-0.15, -0.1) is 0 Å². The zero-order chi connectivity index (χ0) is 15.5. The number of hydrogen-bond acceptors (Lipinski definition) is 5. The second-order valence-corrected chi connectivity index (χ2v) is 5.38. The first kappa shape index (κ1) is 15.6. The van der Waals surface area contributed by atoms with Crippen molar-refractivity contribution in [3.05, 3.63) is 23.8 Å². The second kappa shape index (κ2) is 6.32. The molecule has 116 valence electrons. The summed E-state index contributed by atoms with van der Waals surface area (Å²) in [6, 6.07) is 4.50. The largest absolute Gasteiger partial charge is 0.504 e. The van der Waals surface area contributed by atoms with Gasteiger partial charge < -0.3 is 24.6 Å². The molecule has 0 spiro atoms. The predicted molar refractivity (Wildman–Crippen MR) is 76.6 cm³/mol. The van der Waals surface area contributed by atoms with E-state index in [1.165, 1.54) is 18.1 Å². The van der Waals surface area contributed by atoms with E-state index in [1.54, 1.807) is 19.2 Å². The first-order valence-electron chi connectivity index (χ1n) is 6.88. The predicted octanol–water partition coefficient (Wildman–Crippen LogP) is 1.01. The molecule has 1 aliphatic heterocycles. The van der Waals surface area contributed by atoms with Crippen LogP contribution in [0.5, 0.6) is 11.5 Å². The summed E-state index contributed by atoms with van der Waals surface area (Å²) in [6.07, 6.45) is 1.02. The Morgan fingerprint density at radius 1 is 1.43 bits per heavy atom. The molecule has 0 bridgehead atoms. The number of ether oxygens (including phenoxy) is 2. The smallest absolute Gasteiger partial charge is 0.253 e. The molecule has 0 saturated carbocycles. The lowest BCUT2D eigenvalue weighted by Crippen LogP contribution is -2.47. The number of amides is 1. The van der Waals surface area contributed by atoms with Crippen LogP contribution in [-0.2, 0) is 4.74 Å². The Morgan fingerprint density at radius 3 is 2.67 bits per heavy atom. The molecule has 1 heterocycles. The molecule has 0 atom stereocenters. The van der Waals surface area contributed by atoms with Gasteiger partial charge in [0.1, 0.15) is 0 Å². The van der Waals surface area contributed by atoms with Crippen LogP contribution in [0.2, 0.25) is 0 Å². The van der Waals surface area contributed by atoms with Crippen molar-refractivity contribution in [3.63, 3.8) is 0 Å². The van der Waals surface area contributed by atoms with E-state index in [1.807, 2.05) is 0 Å². The third-order valence-corrected chi connectivity index (χ3v) is 3.73. The summed E-state index contributed by atoms with van der Waals surface area (Å²) in [5.74, 6) is -0.0216. The number of nitrogens with zero attached hydrogens (tertiary/aromatic N) is 1. The Hall–Kier alpha value is -1.79. The van der Waals surface area contributed by atoms with Crippen molar-refractivity contribution in [2.24, 2.45) is 0 Å². The molecular weight excluding hydrogens is 274 g/mol. The van der Waals surface area contributed by atoms with E-state index in [-0.39, 0.29) is 18.2 Å². The minimum absolute atomic E-state index is 0.0819. The molecule has 21 heavy (non-hydrogen) atoms. The fourth-order valence-electron chi connectivity index (χ4n) is 2.47. The van der Waals surface area contributed by atoms with E-state index in [9.17, 15) is 15.0 Å². The Balaban J connectivity index is 2.06. The third-order valence-electron chi connectivity index (χ3n) is 3.73. The first-order valence-corrected chi connectivity index (χ1v) is 6.88. The molecule has 1 amide bonds. The summed E-state index contributed by atoms with van der Waals surface area (Å²) in [6.45, 7) is 1.24. The van der Waals surface area contributed by atoms with Gasteiger partial charge in [0.05, 0.1) is 12.7 Å². The van der Waals surface area contributed by atoms with E-state index in [4.69, 9.17) is 9.47 Å². The van der Waals surface area contributed by atoms with Gasteiger partial charge in [0.15, 0.2) is 11.5 Å². The number of rotatable bonds is 4. The molecule has 1 aliphatic rings. The normalized spacial score (nSPS) is 17.3. The molecule has 2 N–H and O–H groups in total. The fourth-order valence-corrected chi connectivity index (χ4v) is 2.47. The number of phenols is 1. The zero-order valence-corrected chi connectivity index (χ0v) is 12.3. The number of likely N-dealkylation sites (N-methyl/N-ethyl adjacent to an activating group) is 1. The van der Waals surface area contributed by atoms with Crippen molar-refractivity contribution < 1.29 is 24.5 Å². The van der Waals surface area contributed by atoms with Crippen LogP contribution >= 0.6 is 0 Å². The lowest BCUT2D eigenvalue weighted by atomic mass is 9.93. The summed E-state index contributed by atoms with van der Waals surface area (Å²) in [7, 11) is 3.08. The standard InChI is InChI=1S/C15H21NO5/c1-16(10-15(19)5-7-21-8-6-15)14(18)11-3-4-13(20-2)12(17)9-11/h3-4,9,17,19H,5-8,10H2,1-2H3. The van der Waals surface area contributed by atoms with Gasteiger partial charge in [0, 0.05) is 45.2 Å². The molecule has 6 nitrogen and oxygen atoms in total. The number of hydrogen-bond donors (Lipinski definition) is 2. The lowest BCUT2D eigenvalue weighted by Gasteiger charge is -2.35. The number of benzene rings is 1. The zero-order valence-electron chi connectivity index (χ0n) is 12.3. The van der Waals surface area contributed by atoms with Crippen LogP contribution in [0.4, 0.5) is 0 Å². The molecule has 0 aliphatic carbocycles. The average Bonchev–Trinajstić information content (AvgIpc) is 2.46. The first-order chi connectivity index (χ1) is 9.95. The number of phenolic OH excluding ortho intramolecular Hbond substituents is 1. The Bertz CT molecular complexity index is 511. The maximum absolute atomic E-state index is 12.3. The quantitative estimate of drug-likeness (QED) is 0.867. The van der Waals surface area contributed by atoms with Crippen molar-refractivity contribution in [1.29, 1.82) is 0 Å². The van der Waals surface area contributed by atoms with E-state index < -0.39 is 5.60 Å². The summed E-state index contributed by atoms with van der Waals surface area (Å²) in [4.78, 5) is 13.8. The van der Waals surface area contributed by atoms with Gasteiger partial charge in [-0.2, -0.15) is 0 Å². The molecule has 0 aromatic heterocycles. The summed E-state index contributed by atoms with van der Waals surface area (Å²) in [5.41, 5.74) is -0.552. The van der Waals surface area contributed by atoms with Crippen molar-refractivity contribution in [2.75, 3.05) is 33.9 Å². The molecule has 0 radical (unpaired) electrons. The van der Waals surface area contributed by atoms with Crippen molar-refractivity contribution >= 4 is 5.91 Å². The van der Waals surface area contributed by atoms with Gasteiger partial charge in [-0.25, -0.2) is 0 Å². The van der Waals surface area contributed by atoms with Crippen LogP contribution in [0.25, 0.3) is 0 Å². The SMILES string of the molecule is COc1ccc(C(=O)N(C)CC2(O)CCOCC2)cc1O. The van der Waals surface area contributed by atoms with Crippen LogP contribution in [-0.4, -0.2) is 60.5 Å². The molecule has 2 rings (SSSR count). The van der Waals surface area contributed by atoms with Crippen molar-refractivity contribution in [1.82, 2.24) is 4.90 Å². The topological polar surface area (TPSA) is 79.2 Å². The average molecular weight is 295 g/mol. The van der Waals surface area contributed by atoms with E-state index in [2.05, 4.69) is 0 Å². The number of carbonyl (C=O) groups excluding carboxylic acids is 1. The molecular formula is C15H21NO5. The molecule has 1 aromatic carbocycles. The molecule has 1 fully saturated rings. The van der Waals surface area contributed by atoms with Gasteiger partial charge >= 0.3 is 0 Å². The highest BCUT2D eigenvalue weighted by molar-refractivity contribution is 5.94. The maximum Gasteiger partial charge on any atom is 0.253 e. The van der Waals surface area contributed by atoms with E-state index >= 15 is 0 Å². The highest BCUT2D eigenvalue weighted by Crippen LogP contribution is 2.27. The van der Waals surface area contributed by atoms with Crippen LogP contribution in [0.1, 0.15) is 23.2 Å². The second-order valence-electron chi connectivity index (χ2n) is 5.38. The van der Waals surface area contributed by atoms with E-state index in [0.717, 1.165) is 0 Å². The minimum atomic E-state index is -0.906. The fraction of sp³-hybridized carbons (Fsp3) is 0.533. The summed E-state index contributed by atoms with van der Waals surface area (Å²) in [5, 5.41) is 20.2. The van der Waals surface area contributed by atoms with Crippen molar-refractivity contribution in [3.8, 4) is 11.5 Å². The van der Waals surface area contributed by atoms with Gasteiger partial charge in [-0.05, 0) is 18.2 Å². The number of aromatic hydroxyl groups is 1. The molecule has 1 aromatic rings. The Labute approximate surface area is 123 Å². The van der Waals surface area contributed by atoms with Crippen LogP contribution in [0.3, 0.4) is 0 Å². The number of carbonyl (C=O) groups is 1. The van der Waals surface area contributed by atoms with Gasteiger partial charge in [0.25, 0.3) is 5.91 Å². The molecule has 6 heteroatoms. The van der Waals surface area contributed by atoms with Gasteiger partial charge in [0.2, 0.25) is 0 Å². The monoisotopic (exact) mass is 295 g/mol. The molecule has 1 saturated heterocycles. The molecule has 0 unspecified atom stereocenters. The van der Waals surface area contributed by atoms with Crippen molar-refractivity contribution in [2.45, 2.75) is 18.4 Å². The minimum Gasteiger partial charge on any atom is -0.504 e. The Kier molecular flexibility index (Phi) is 4.69. The highest BCUT2D eigenvalue weighted by atomic mass is 16.5. The lowest BCUT2D eigenvalue weighted by molar-refractivity contribution is -0.0734. The van der Waals surface area contributed by atoms with Crippen LogP contribution in [0.15, 0.2) is 18.2 Å². The summed E-state index contributed by atoms with van der Waals surface area (Å²) < 4.78 is 10.2. The number of methoxy groups -OCH3 is 1. The maximum atomic E-state index is 12.3. The van der Waals surface area contributed by atoms with Gasteiger partial charge in [-0.3, -0.25) is 4.79 Å². The van der Waals surface area contributed by atoms with Crippen LogP contribution < -0.4 is 4.74 Å². The number of aliphatic hydroxyl groups is 1. The van der Waals surface area contributed by atoms with Gasteiger partial charge in [-0.1, -0.05) is 0 Å². The van der Waals surface area contributed by atoms with Crippen LogP contribution in [0, 0.1) is 0 Å².